The SMILES string of the molecule is Cc1c(NC(=O)COC(=O)c2cc3c(s2)CCCC3)c(=O)n(-c2ccccc2)n1C. The number of fused-ring (bicyclic) bond motifs is 1. The Morgan fingerprint density at radius 1 is 1.17 bits per heavy atom. The zero-order valence-corrected chi connectivity index (χ0v) is 17.8. The van der Waals surface area contributed by atoms with Crippen LogP contribution in [0, 0.1) is 6.92 Å². The molecule has 7 nitrogen and oxygen atoms in total. The molecule has 30 heavy (non-hydrogen) atoms. The lowest BCUT2D eigenvalue weighted by Crippen LogP contribution is -2.25. The first-order valence-electron chi connectivity index (χ1n) is 9.88. The van der Waals surface area contributed by atoms with E-state index in [0.29, 0.717) is 16.3 Å². The van der Waals surface area contributed by atoms with Crippen molar-refractivity contribution in [1.82, 2.24) is 9.36 Å². The van der Waals surface area contributed by atoms with Crippen LogP contribution in [0.5, 0.6) is 0 Å². The number of aromatic nitrogens is 2. The number of rotatable bonds is 5. The number of esters is 1. The molecule has 1 aromatic carbocycles. The van der Waals surface area contributed by atoms with Gasteiger partial charge < -0.3 is 10.1 Å². The highest BCUT2D eigenvalue weighted by Crippen LogP contribution is 2.30. The normalized spacial score (nSPS) is 13.0. The first-order valence-corrected chi connectivity index (χ1v) is 10.7. The van der Waals surface area contributed by atoms with E-state index in [1.165, 1.54) is 26.5 Å². The Balaban J connectivity index is 1.44. The molecule has 0 saturated heterocycles. The molecule has 0 spiro atoms. The second-order valence-electron chi connectivity index (χ2n) is 7.33. The fourth-order valence-corrected chi connectivity index (χ4v) is 4.83. The van der Waals surface area contributed by atoms with Crippen molar-refractivity contribution >= 4 is 28.9 Å². The fourth-order valence-electron chi connectivity index (χ4n) is 3.68. The third kappa shape index (κ3) is 3.82. The first-order chi connectivity index (χ1) is 14.5. The lowest BCUT2D eigenvalue weighted by Gasteiger charge is -2.08. The molecule has 4 rings (SSSR count). The number of anilines is 1. The van der Waals surface area contributed by atoms with E-state index in [1.54, 1.807) is 18.7 Å². The van der Waals surface area contributed by atoms with Gasteiger partial charge in [-0.15, -0.1) is 11.3 Å². The van der Waals surface area contributed by atoms with Crippen LogP contribution in [0.2, 0.25) is 0 Å². The summed E-state index contributed by atoms with van der Waals surface area (Å²) < 4.78 is 8.34. The van der Waals surface area contributed by atoms with Crippen molar-refractivity contribution in [3.63, 3.8) is 0 Å². The van der Waals surface area contributed by atoms with E-state index in [4.69, 9.17) is 4.74 Å². The van der Waals surface area contributed by atoms with Crippen molar-refractivity contribution in [2.24, 2.45) is 7.05 Å². The summed E-state index contributed by atoms with van der Waals surface area (Å²) in [6, 6.07) is 11.0. The van der Waals surface area contributed by atoms with Gasteiger partial charge in [0.15, 0.2) is 6.61 Å². The van der Waals surface area contributed by atoms with E-state index >= 15 is 0 Å². The molecule has 2 aromatic heterocycles. The quantitative estimate of drug-likeness (QED) is 0.637. The summed E-state index contributed by atoms with van der Waals surface area (Å²) in [6.07, 6.45) is 4.26. The smallest absolute Gasteiger partial charge is 0.348 e. The van der Waals surface area contributed by atoms with Gasteiger partial charge in [-0.1, -0.05) is 18.2 Å². The summed E-state index contributed by atoms with van der Waals surface area (Å²) in [5.74, 6) is -1.05. The molecule has 0 radical (unpaired) electrons. The van der Waals surface area contributed by atoms with Gasteiger partial charge in [-0.05, 0) is 56.4 Å². The van der Waals surface area contributed by atoms with Crippen LogP contribution in [0.1, 0.15) is 38.6 Å². The number of benzene rings is 1. The van der Waals surface area contributed by atoms with Crippen LogP contribution in [0.3, 0.4) is 0 Å². The highest BCUT2D eigenvalue weighted by molar-refractivity contribution is 7.14. The molecule has 1 aliphatic carbocycles. The highest BCUT2D eigenvalue weighted by atomic mass is 32.1. The third-order valence-electron chi connectivity index (χ3n) is 5.35. The predicted molar refractivity (Wildman–Crippen MR) is 116 cm³/mol. The molecule has 0 fully saturated rings. The molecule has 8 heteroatoms. The molecule has 1 N–H and O–H groups in total. The molecule has 3 aromatic rings. The summed E-state index contributed by atoms with van der Waals surface area (Å²) in [5.41, 5.74) is 2.35. The van der Waals surface area contributed by atoms with Gasteiger partial charge in [0.05, 0.1) is 11.4 Å². The number of para-hydroxylation sites is 1. The van der Waals surface area contributed by atoms with Crippen LogP contribution in [0.4, 0.5) is 5.69 Å². The van der Waals surface area contributed by atoms with Crippen molar-refractivity contribution in [3.8, 4) is 5.69 Å². The van der Waals surface area contributed by atoms with Gasteiger partial charge in [-0.3, -0.25) is 14.3 Å². The summed E-state index contributed by atoms with van der Waals surface area (Å²) in [5, 5.41) is 2.60. The minimum absolute atomic E-state index is 0.175. The van der Waals surface area contributed by atoms with Crippen LogP contribution >= 0.6 is 11.3 Å². The number of carbonyl (C=O) groups excluding carboxylic acids is 2. The Morgan fingerprint density at radius 3 is 2.63 bits per heavy atom. The number of aryl methyl sites for hydroxylation is 2. The number of carbonyl (C=O) groups is 2. The maximum absolute atomic E-state index is 12.8. The molecule has 156 valence electrons. The van der Waals surface area contributed by atoms with Gasteiger partial charge in [0.25, 0.3) is 11.5 Å². The van der Waals surface area contributed by atoms with Gasteiger partial charge in [-0.25, -0.2) is 9.48 Å². The summed E-state index contributed by atoms with van der Waals surface area (Å²) in [7, 11) is 1.75. The maximum atomic E-state index is 12.8. The molecular formula is C22H23N3O4S. The lowest BCUT2D eigenvalue weighted by atomic mass is 9.99. The number of hydrogen-bond donors (Lipinski definition) is 1. The molecule has 1 amide bonds. The van der Waals surface area contributed by atoms with E-state index in [-0.39, 0.29) is 11.2 Å². The maximum Gasteiger partial charge on any atom is 0.348 e. The van der Waals surface area contributed by atoms with Gasteiger partial charge in [0, 0.05) is 11.9 Å². The minimum atomic E-state index is -0.546. The predicted octanol–water partition coefficient (Wildman–Crippen LogP) is 3.22. The molecule has 2 heterocycles. The average Bonchev–Trinajstić information content (AvgIpc) is 3.28. The fraction of sp³-hybridized carbons (Fsp3) is 0.318. The van der Waals surface area contributed by atoms with Crippen LogP contribution in [0.25, 0.3) is 5.69 Å². The summed E-state index contributed by atoms with van der Waals surface area (Å²) in [6.45, 7) is 1.30. The van der Waals surface area contributed by atoms with Crippen LogP contribution in [-0.2, 0) is 29.4 Å². The van der Waals surface area contributed by atoms with Crippen LogP contribution in [-0.4, -0.2) is 27.8 Å². The molecule has 0 bridgehead atoms. The number of nitrogens with one attached hydrogen (secondary N) is 1. The second-order valence-corrected chi connectivity index (χ2v) is 8.46. The minimum Gasteiger partial charge on any atom is -0.451 e. The molecule has 0 atom stereocenters. The molecular weight excluding hydrogens is 402 g/mol. The Hall–Kier alpha value is -3.13. The number of hydrogen-bond acceptors (Lipinski definition) is 5. The van der Waals surface area contributed by atoms with Crippen molar-refractivity contribution in [2.75, 3.05) is 11.9 Å². The Bertz CT molecular complexity index is 1130. The van der Waals surface area contributed by atoms with Crippen LogP contribution < -0.4 is 10.9 Å². The number of nitrogens with zero attached hydrogens (tertiary/aromatic N) is 2. The Labute approximate surface area is 177 Å². The molecule has 0 unspecified atom stereocenters. The standard InChI is InChI=1S/C22H23N3O4S/c1-14-20(21(27)25(24(14)2)16-9-4-3-5-10-16)23-19(26)13-29-22(28)18-12-15-8-6-7-11-17(15)30-18/h3-5,9-10,12H,6-8,11,13H2,1-2H3,(H,23,26). The topological polar surface area (TPSA) is 82.3 Å². The van der Waals surface area contributed by atoms with E-state index in [9.17, 15) is 14.4 Å². The van der Waals surface area contributed by atoms with E-state index in [1.807, 2.05) is 36.4 Å². The second kappa shape index (κ2) is 8.31. The summed E-state index contributed by atoms with van der Waals surface area (Å²) in [4.78, 5) is 39.3. The lowest BCUT2D eigenvalue weighted by molar-refractivity contribution is -0.119. The highest BCUT2D eigenvalue weighted by Gasteiger charge is 2.21. The van der Waals surface area contributed by atoms with E-state index in [2.05, 4.69) is 5.32 Å². The van der Waals surface area contributed by atoms with Gasteiger partial charge >= 0.3 is 5.97 Å². The van der Waals surface area contributed by atoms with Gasteiger partial charge in [0.2, 0.25) is 0 Å². The number of ether oxygens (including phenoxy) is 1. The van der Waals surface area contributed by atoms with E-state index < -0.39 is 18.5 Å². The Kier molecular flexibility index (Phi) is 5.59. The molecule has 1 aliphatic rings. The van der Waals surface area contributed by atoms with Crippen molar-refractivity contribution in [3.05, 3.63) is 67.8 Å². The van der Waals surface area contributed by atoms with Crippen LogP contribution in [0.15, 0.2) is 41.2 Å². The largest absolute Gasteiger partial charge is 0.451 e. The Morgan fingerprint density at radius 2 is 1.90 bits per heavy atom. The summed E-state index contributed by atoms with van der Waals surface area (Å²) >= 11 is 1.44. The zero-order chi connectivity index (χ0) is 21.3. The number of amides is 1. The van der Waals surface area contributed by atoms with Gasteiger partial charge in [-0.2, -0.15) is 0 Å². The average molecular weight is 426 g/mol. The third-order valence-corrected chi connectivity index (χ3v) is 6.57. The van der Waals surface area contributed by atoms with Crippen molar-refractivity contribution < 1.29 is 14.3 Å². The monoisotopic (exact) mass is 425 g/mol. The first kappa shape index (κ1) is 20.2. The van der Waals surface area contributed by atoms with Gasteiger partial charge in [0.1, 0.15) is 10.6 Å². The van der Waals surface area contributed by atoms with Crippen molar-refractivity contribution in [1.29, 1.82) is 0 Å². The molecule has 0 aliphatic heterocycles. The molecule has 0 saturated carbocycles. The van der Waals surface area contributed by atoms with Crippen molar-refractivity contribution in [2.45, 2.75) is 32.6 Å². The number of thiophene rings is 1. The van der Waals surface area contributed by atoms with E-state index in [0.717, 1.165) is 25.7 Å². The zero-order valence-electron chi connectivity index (χ0n) is 16.9.